The Labute approximate surface area is 111 Å². The molecule has 1 aliphatic heterocycles. The number of carbonyl (C=O) groups excluding carboxylic acids is 1. The molecular weight excluding hydrogens is 242 g/mol. The van der Waals surface area contributed by atoms with Crippen molar-refractivity contribution in [3.8, 4) is 11.5 Å². The zero-order valence-electron chi connectivity index (χ0n) is 10.2. The summed E-state index contributed by atoms with van der Waals surface area (Å²) in [5, 5.41) is 2.64. The van der Waals surface area contributed by atoms with Crippen molar-refractivity contribution in [2.24, 2.45) is 0 Å². The second-order valence-electron chi connectivity index (χ2n) is 4.23. The first-order valence-corrected chi connectivity index (χ1v) is 6.09. The van der Waals surface area contributed by atoms with Gasteiger partial charge in [0.15, 0.2) is 0 Å². The van der Waals surface area contributed by atoms with Gasteiger partial charge in [0.25, 0.3) is 0 Å². The van der Waals surface area contributed by atoms with Gasteiger partial charge in [-0.05, 0) is 18.2 Å². The van der Waals surface area contributed by atoms with Gasteiger partial charge in [0.2, 0.25) is 0 Å². The molecule has 1 amide bonds. The van der Waals surface area contributed by atoms with Crippen molar-refractivity contribution >= 4 is 6.09 Å². The minimum atomic E-state index is -0.389. The number of para-hydroxylation sites is 2. The predicted octanol–water partition coefficient (Wildman–Crippen LogP) is 3.26. The molecule has 1 saturated heterocycles. The average molecular weight is 255 g/mol. The van der Waals surface area contributed by atoms with Gasteiger partial charge in [-0.15, -0.1) is 0 Å². The number of hydrogen-bond donors (Lipinski definition) is 1. The fourth-order valence-corrected chi connectivity index (χ4v) is 2.02. The lowest BCUT2D eigenvalue weighted by Crippen LogP contribution is -2.12. The maximum absolute atomic E-state index is 11.1. The summed E-state index contributed by atoms with van der Waals surface area (Å²) in [5.74, 6) is 1.46. The third-order valence-electron chi connectivity index (χ3n) is 2.92. The third kappa shape index (κ3) is 2.52. The van der Waals surface area contributed by atoms with E-state index in [4.69, 9.17) is 9.47 Å². The van der Waals surface area contributed by atoms with E-state index in [1.807, 2.05) is 54.6 Å². The first kappa shape index (κ1) is 11.6. The largest absolute Gasteiger partial charge is 0.457 e. The number of cyclic esters (lactones) is 1. The molecule has 0 radical (unpaired) electrons. The molecular formula is C15H13NO3. The van der Waals surface area contributed by atoms with E-state index in [0.29, 0.717) is 12.3 Å². The lowest BCUT2D eigenvalue weighted by Gasteiger charge is -2.14. The summed E-state index contributed by atoms with van der Waals surface area (Å²) in [7, 11) is 0. The first-order valence-electron chi connectivity index (χ1n) is 6.09. The minimum absolute atomic E-state index is 0.299. The summed E-state index contributed by atoms with van der Waals surface area (Å²) < 4.78 is 11.0. The van der Waals surface area contributed by atoms with Crippen molar-refractivity contribution in [2.45, 2.75) is 6.10 Å². The van der Waals surface area contributed by atoms with E-state index < -0.39 is 0 Å². The summed E-state index contributed by atoms with van der Waals surface area (Å²) in [6.07, 6.45) is -0.688. The molecule has 4 nitrogen and oxygen atoms in total. The monoisotopic (exact) mass is 255 g/mol. The summed E-state index contributed by atoms with van der Waals surface area (Å²) in [5.41, 5.74) is 0.865. The van der Waals surface area contributed by atoms with E-state index in [0.717, 1.165) is 11.3 Å². The second kappa shape index (κ2) is 5.02. The number of alkyl carbamates (subject to hydrolysis) is 1. The molecule has 1 fully saturated rings. The molecule has 0 aliphatic carbocycles. The number of ether oxygens (including phenoxy) is 2. The fraction of sp³-hybridized carbons (Fsp3) is 0.133. The lowest BCUT2D eigenvalue weighted by molar-refractivity contribution is 0.140. The van der Waals surface area contributed by atoms with Gasteiger partial charge in [-0.2, -0.15) is 0 Å². The molecule has 1 atom stereocenters. The van der Waals surface area contributed by atoms with Gasteiger partial charge < -0.3 is 14.8 Å². The first-order chi connectivity index (χ1) is 9.33. The Morgan fingerprint density at radius 3 is 2.53 bits per heavy atom. The van der Waals surface area contributed by atoms with Gasteiger partial charge in [-0.25, -0.2) is 4.79 Å². The van der Waals surface area contributed by atoms with Gasteiger partial charge in [0.05, 0.1) is 6.54 Å². The van der Waals surface area contributed by atoms with Crippen LogP contribution in [0.25, 0.3) is 0 Å². The van der Waals surface area contributed by atoms with Crippen LogP contribution < -0.4 is 10.1 Å². The maximum Gasteiger partial charge on any atom is 0.407 e. The van der Waals surface area contributed by atoms with E-state index in [-0.39, 0.29) is 12.2 Å². The van der Waals surface area contributed by atoms with Crippen LogP contribution in [0.2, 0.25) is 0 Å². The van der Waals surface area contributed by atoms with Crippen molar-refractivity contribution in [1.82, 2.24) is 5.32 Å². The van der Waals surface area contributed by atoms with E-state index in [1.54, 1.807) is 0 Å². The number of amides is 1. The van der Waals surface area contributed by atoms with Gasteiger partial charge in [0, 0.05) is 5.56 Å². The SMILES string of the molecule is O=C1NCC(c2ccccc2Oc2ccccc2)O1. The van der Waals surface area contributed by atoms with Crippen LogP contribution in [0.4, 0.5) is 4.79 Å². The molecule has 1 N–H and O–H groups in total. The van der Waals surface area contributed by atoms with Gasteiger partial charge in [-0.1, -0.05) is 36.4 Å². The molecule has 0 bridgehead atoms. The Bertz CT molecular complexity index is 583. The highest BCUT2D eigenvalue weighted by Gasteiger charge is 2.26. The molecule has 1 aliphatic rings. The maximum atomic E-state index is 11.1. The summed E-state index contributed by atoms with van der Waals surface area (Å²) in [6, 6.07) is 17.1. The molecule has 2 aromatic carbocycles. The van der Waals surface area contributed by atoms with Crippen LogP contribution in [0.1, 0.15) is 11.7 Å². The Morgan fingerprint density at radius 2 is 1.79 bits per heavy atom. The van der Waals surface area contributed by atoms with Crippen LogP contribution in [0.5, 0.6) is 11.5 Å². The van der Waals surface area contributed by atoms with E-state index in [1.165, 1.54) is 0 Å². The van der Waals surface area contributed by atoms with Crippen molar-refractivity contribution in [3.05, 3.63) is 60.2 Å². The summed E-state index contributed by atoms with van der Waals surface area (Å²) >= 11 is 0. The minimum Gasteiger partial charge on any atom is -0.457 e. The molecule has 1 heterocycles. The topological polar surface area (TPSA) is 47.6 Å². The molecule has 4 heteroatoms. The van der Waals surface area contributed by atoms with E-state index in [2.05, 4.69) is 5.32 Å². The molecule has 0 aromatic heterocycles. The van der Waals surface area contributed by atoms with Crippen LogP contribution >= 0.6 is 0 Å². The smallest absolute Gasteiger partial charge is 0.407 e. The molecule has 0 spiro atoms. The highest BCUT2D eigenvalue weighted by molar-refractivity contribution is 5.70. The van der Waals surface area contributed by atoms with Crippen LogP contribution in [-0.2, 0) is 4.74 Å². The fourth-order valence-electron chi connectivity index (χ4n) is 2.02. The highest BCUT2D eigenvalue weighted by Crippen LogP contribution is 2.32. The molecule has 0 saturated carbocycles. The molecule has 2 aromatic rings. The summed E-state index contributed by atoms with van der Waals surface area (Å²) in [4.78, 5) is 11.1. The Kier molecular flexibility index (Phi) is 3.06. The van der Waals surface area contributed by atoms with Gasteiger partial charge >= 0.3 is 6.09 Å². The van der Waals surface area contributed by atoms with E-state index >= 15 is 0 Å². The lowest BCUT2D eigenvalue weighted by atomic mass is 10.1. The van der Waals surface area contributed by atoms with E-state index in [9.17, 15) is 4.79 Å². The Morgan fingerprint density at radius 1 is 1.05 bits per heavy atom. The average Bonchev–Trinajstić information content (AvgIpc) is 2.87. The number of carbonyl (C=O) groups is 1. The van der Waals surface area contributed by atoms with Crippen molar-refractivity contribution in [2.75, 3.05) is 6.54 Å². The van der Waals surface area contributed by atoms with Gasteiger partial charge in [-0.3, -0.25) is 0 Å². The second-order valence-corrected chi connectivity index (χ2v) is 4.23. The van der Waals surface area contributed by atoms with Crippen LogP contribution in [0.3, 0.4) is 0 Å². The molecule has 1 unspecified atom stereocenters. The zero-order valence-corrected chi connectivity index (χ0v) is 10.2. The number of benzene rings is 2. The third-order valence-corrected chi connectivity index (χ3v) is 2.92. The van der Waals surface area contributed by atoms with Crippen LogP contribution in [-0.4, -0.2) is 12.6 Å². The highest BCUT2D eigenvalue weighted by atomic mass is 16.6. The van der Waals surface area contributed by atoms with Gasteiger partial charge in [0.1, 0.15) is 17.6 Å². The summed E-state index contributed by atoms with van der Waals surface area (Å²) in [6.45, 7) is 0.466. The predicted molar refractivity (Wildman–Crippen MR) is 70.2 cm³/mol. The Balaban J connectivity index is 1.87. The number of rotatable bonds is 3. The zero-order chi connectivity index (χ0) is 13.1. The van der Waals surface area contributed by atoms with Crippen molar-refractivity contribution < 1.29 is 14.3 Å². The molecule has 19 heavy (non-hydrogen) atoms. The van der Waals surface area contributed by atoms with Crippen LogP contribution in [0.15, 0.2) is 54.6 Å². The standard InChI is InChI=1S/C15H13NO3/c17-15-16-10-14(19-15)12-8-4-5-9-13(12)18-11-6-2-1-3-7-11/h1-9,14H,10H2,(H,16,17). The normalized spacial score (nSPS) is 17.7. The molecule has 96 valence electrons. The van der Waals surface area contributed by atoms with Crippen molar-refractivity contribution in [1.29, 1.82) is 0 Å². The van der Waals surface area contributed by atoms with Crippen LogP contribution in [0, 0.1) is 0 Å². The Hall–Kier alpha value is -2.49. The quantitative estimate of drug-likeness (QED) is 0.915. The number of nitrogens with one attached hydrogen (secondary N) is 1. The number of hydrogen-bond acceptors (Lipinski definition) is 3. The van der Waals surface area contributed by atoms with Crippen molar-refractivity contribution in [3.63, 3.8) is 0 Å². The molecule has 3 rings (SSSR count).